The quantitative estimate of drug-likeness (QED) is 0.854. The van der Waals surface area contributed by atoms with Gasteiger partial charge in [0.1, 0.15) is 12.1 Å². The molecule has 0 atom stereocenters. The third kappa shape index (κ3) is 2.25. The van der Waals surface area contributed by atoms with Crippen molar-refractivity contribution in [2.24, 2.45) is 23.2 Å². The summed E-state index contributed by atoms with van der Waals surface area (Å²) in [5.41, 5.74) is 0.759. The lowest BCUT2D eigenvalue weighted by Crippen LogP contribution is -2.50. The molecule has 0 radical (unpaired) electrons. The molecule has 4 aliphatic carbocycles. The molecule has 21 heavy (non-hydrogen) atoms. The lowest BCUT2D eigenvalue weighted by Gasteiger charge is -2.56. The van der Waals surface area contributed by atoms with Crippen LogP contribution < -0.4 is 4.74 Å². The van der Waals surface area contributed by atoms with Gasteiger partial charge in [-0.25, -0.2) is 9.97 Å². The number of hydrogen-bond acceptors (Lipinski definition) is 4. The summed E-state index contributed by atoms with van der Waals surface area (Å²) in [6.07, 6.45) is 9.40. The summed E-state index contributed by atoms with van der Waals surface area (Å²) in [5.74, 6) is 3.36. The molecule has 4 nitrogen and oxygen atoms in total. The van der Waals surface area contributed by atoms with Crippen LogP contribution in [-0.2, 0) is 11.2 Å². The molecule has 0 spiro atoms. The first-order valence-electron chi connectivity index (χ1n) is 8.05. The number of hydrogen-bond donors (Lipinski definition) is 0. The van der Waals surface area contributed by atoms with Crippen LogP contribution in [0.2, 0.25) is 0 Å². The topological polar surface area (TPSA) is 52.1 Å². The normalized spacial score (nSPS) is 36.7. The van der Waals surface area contributed by atoms with E-state index in [0.29, 0.717) is 18.1 Å². The van der Waals surface area contributed by atoms with Crippen molar-refractivity contribution in [3.8, 4) is 5.88 Å². The molecule has 4 heteroatoms. The first-order valence-corrected chi connectivity index (χ1v) is 8.05. The van der Waals surface area contributed by atoms with Crippen molar-refractivity contribution in [2.75, 3.05) is 7.11 Å². The maximum absolute atomic E-state index is 13.0. The number of carbonyl (C=O) groups is 1. The zero-order valence-electron chi connectivity index (χ0n) is 12.5. The van der Waals surface area contributed by atoms with Crippen LogP contribution in [0.1, 0.15) is 44.2 Å². The van der Waals surface area contributed by atoms with Crippen LogP contribution in [-0.4, -0.2) is 22.9 Å². The second-order valence-corrected chi connectivity index (χ2v) is 7.35. The molecule has 0 saturated heterocycles. The third-order valence-corrected chi connectivity index (χ3v) is 5.88. The van der Waals surface area contributed by atoms with Crippen molar-refractivity contribution in [1.82, 2.24) is 9.97 Å². The first-order chi connectivity index (χ1) is 10.2. The molecule has 112 valence electrons. The summed E-state index contributed by atoms with van der Waals surface area (Å²) in [6, 6.07) is 1.79. The maximum atomic E-state index is 13.0. The van der Waals surface area contributed by atoms with Gasteiger partial charge in [0, 0.05) is 17.9 Å². The molecule has 4 fully saturated rings. The second kappa shape index (κ2) is 4.79. The van der Waals surface area contributed by atoms with Gasteiger partial charge in [-0.2, -0.15) is 0 Å². The summed E-state index contributed by atoms with van der Waals surface area (Å²) in [6.45, 7) is 0. The molecule has 0 unspecified atom stereocenters. The lowest BCUT2D eigenvalue weighted by molar-refractivity contribution is -0.143. The molecule has 0 amide bonds. The largest absolute Gasteiger partial charge is 0.481 e. The number of aromatic nitrogens is 2. The van der Waals surface area contributed by atoms with E-state index >= 15 is 0 Å². The smallest absolute Gasteiger partial charge is 0.216 e. The van der Waals surface area contributed by atoms with Gasteiger partial charge in [0.15, 0.2) is 0 Å². The number of nitrogens with zero attached hydrogens (tertiary/aromatic N) is 2. The highest BCUT2D eigenvalue weighted by atomic mass is 16.5. The van der Waals surface area contributed by atoms with E-state index in [1.165, 1.54) is 25.6 Å². The molecule has 1 aromatic rings. The minimum atomic E-state index is -0.0348. The Labute approximate surface area is 125 Å². The molecule has 1 aromatic heterocycles. The summed E-state index contributed by atoms with van der Waals surface area (Å²) in [7, 11) is 1.59. The van der Waals surface area contributed by atoms with E-state index in [2.05, 4.69) is 9.97 Å². The zero-order valence-corrected chi connectivity index (χ0v) is 12.5. The van der Waals surface area contributed by atoms with Gasteiger partial charge >= 0.3 is 0 Å². The molecular weight excluding hydrogens is 264 g/mol. The molecule has 0 N–H and O–H groups in total. The average molecular weight is 286 g/mol. The van der Waals surface area contributed by atoms with Crippen LogP contribution >= 0.6 is 0 Å². The first kappa shape index (κ1) is 13.2. The predicted octanol–water partition coefficient (Wildman–Crippen LogP) is 2.81. The SMILES string of the molecule is COc1cc(CC(=O)C23CC4CC(CC(C4)C2)C3)ncn1. The Morgan fingerprint density at radius 2 is 1.81 bits per heavy atom. The fourth-order valence-corrected chi connectivity index (χ4v) is 5.39. The molecule has 4 aliphatic rings. The van der Waals surface area contributed by atoms with Crippen LogP contribution in [0.25, 0.3) is 0 Å². The van der Waals surface area contributed by atoms with E-state index in [0.717, 1.165) is 42.7 Å². The number of rotatable bonds is 4. The molecule has 0 aromatic carbocycles. The van der Waals surface area contributed by atoms with Gasteiger partial charge in [-0.1, -0.05) is 0 Å². The van der Waals surface area contributed by atoms with Crippen LogP contribution in [0.15, 0.2) is 12.4 Å². The Hall–Kier alpha value is -1.45. The van der Waals surface area contributed by atoms with Gasteiger partial charge in [0.25, 0.3) is 0 Å². The molecule has 1 heterocycles. The summed E-state index contributed by atoms with van der Waals surface area (Å²) in [4.78, 5) is 21.2. The Morgan fingerprint density at radius 1 is 1.19 bits per heavy atom. The van der Waals surface area contributed by atoms with Gasteiger partial charge in [-0.15, -0.1) is 0 Å². The molecular formula is C17H22N2O2. The van der Waals surface area contributed by atoms with Gasteiger partial charge in [0.05, 0.1) is 12.8 Å². The molecule has 5 rings (SSSR count). The molecule has 4 saturated carbocycles. The van der Waals surface area contributed by atoms with E-state index in [1.807, 2.05) is 0 Å². The minimum Gasteiger partial charge on any atom is -0.481 e. The fraction of sp³-hybridized carbons (Fsp3) is 0.706. The summed E-state index contributed by atoms with van der Waals surface area (Å²) < 4.78 is 5.12. The monoisotopic (exact) mass is 286 g/mol. The third-order valence-electron chi connectivity index (χ3n) is 5.88. The Balaban J connectivity index is 1.54. The van der Waals surface area contributed by atoms with E-state index in [4.69, 9.17) is 4.74 Å². The summed E-state index contributed by atoms with van der Waals surface area (Å²) >= 11 is 0. The zero-order chi connectivity index (χ0) is 14.4. The van der Waals surface area contributed by atoms with Gasteiger partial charge in [-0.3, -0.25) is 4.79 Å². The number of Topliss-reactive ketones (excluding diaryl/α,β-unsaturated/α-hetero) is 1. The Bertz CT molecular complexity index is 534. The number of ketones is 1. The molecule has 4 bridgehead atoms. The number of carbonyl (C=O) groups excluding carboxylic acids is 1. The van der Waals surface area contributed by atoms with Crippen LogP contribution in [0.3, 0.4) is 0 Å². The highest BCUT2D eigenvalue weighted by Gasteiger charge is 2.54. The Morgan fingerprint density at radius 3 is 2.38 bits per heavy atom. The highest BCUT2D eigenvalue weighted by Crippen LogP contribution is 2.60. The summed E-state index contributed by atoms with van der Waals surface area (Å²) in [5, 5.41) is 0. The molecule has 0 aliphatic heterocycles. The standard InChI is InChI=1S/C17H22N2O2/c1-21-16-6-14(18-10-19-16)5-15(20)17-7-11-2-12(8-17)4-13(3-11)9-17/h6,10-13H,2-5,7-9H2,1H3. The van der Waals surface area contributed by atoms with E-state index in [1.54, 1.807) is 13.2 Å². The average Bonchev–Trinajstić information content (AvgIpc) is 2.46. The van der Waals surface area contributed by atoms with Crippen LogP contribution in [0.4, 0.5) is 0 Å². The van der Waals surface area contributed by atoms with Crippen molar-refractivity contribution in [3.05, 3.63) is 18.1 Å². The lowest BCUT2D eigenvalue weighted by atomic mass is 9.48. The van der Waals surface area contributed by atoms with Crippen molar-refractivity contribution in [2.45, 2.75) is 44.9 Å². The van der Waals surface area contributed by atoms with Crippen molar-refractivity contribution < 1.29 is 9.53 Å². The van der Waals surface area contributed by atoms with Crippen LogP contribution in [0, 0.1) is 23.2 Å². The van der Waals surface area contributed by atoms with Crippen molar-refractivity contribution in [3.63, 3.8) is 0 Å². The number of methoxy groups -OCH3 is 1. The Kier molecular flexibility index (Phi) is 3.02. The minimum absolute atomic E-state index is 0.0348. The maximum Gasteiger partial charge on any atom is 0.216 e. The van der Waals surface area contributed by atoms with Gasteiger partial charge < -0.3 is 4.74 Å². The van der Waals surface area contributed by atoms with E-state index in [-0.39, 0.29) is 5.41 Å². The van der Waals surface area contributed by atoms with E-state index < -0.39 is 0 Å². The van der Waals surface area contributed by atoms with Gasteiger partial charge in [0.2, 0.25) is 5.88 Å². The van der Waals surface area contributed by atoms with Crippen LogP contribution in [0.5, 0.6) is 5.88 Å². The van der Waals surface area contributed by atoms with E-state index in [9.17, 15) is 4.79 Å². The second-order valence-electron chi connectivity index (χ2n) is 7.35. The van der Waals surface area contributed by atoms with Crippen molar-refractivity contribution >= 4 is 5.78 Å². The fourth-order valence-electron chi connectivity index (χ4n) is 5.39. The van der Waals surface area contributed by atoms with Crippen molar-refractivity contribution in [1.29, 1.82) is 0 Å². The number of ether oxygens (including phenoxy) is 1. The predicted molar refractivity (Wildman–Crippen MR) is 77.9 cm³/mol. The van der Waals surface area contributed by atoms with Gasteiger partial charge in [-0.05, 0) is 56.3 Å². The highest BCUT2D eigenvalue weighted by molar-refractivity contribution is 5.87.